The van der Waals surface area contributed by atoms with Gasteiger partial charge in [-0.2, -0.15) is 5.10 Å². The van der Waals surface area contributed by atoms with Gasteiger partial charge >= 0.3 is 0 Å². The van der Waals surface area contributed by atoms with Gasteiger partial charge in [0.05, 0.1) is 30.6 Å². The molecule has 18 heavy (non-hydrogen) atoms. The predicted octanol–water partition coefficient (Wildman–Crippen LogP) is 1.65. The average molecular weight is 251 g/mol. The SMILES string of the molecule is COC1CC(Nc2cnn(CC3CCCO3)c2)C1. The number of anilines is 1. The monoisotopic (exact) mass is 251 g/mol. The van der Waals surface area contributed by atoms with Crippen LogP contribution in [0.2, 0.25) is 0 Å². The van der Waals surface area contributed by atoms with Gasteiger partial charge in [0.15, 0.2) is 0 Å². The molecule has 2 heterocycles. The predicted molar refractivity (Wildman–Crippen MR) is 68.6 cm³/mol. The molecule has 3 rings (SSSR count). The fourth-order valence-corrected chi connectivity index (χ4v) is 2.65. The highest BCUT2D eigenvalue weighted by Crippen LogP contribution is 2.26. The van der Waals surface area contributed by atoms with Crippen LogP contribution in [-0.2, 0) is 16.0 Å². The molecule has 0 bridgehead atoms. The van der Waals surface area contributed by atoms with E-state index in [-0.39, 0.29) is 0 Å². The van der Waals surface area contributed by atoms with Gasteiger partial charge in [-0.05, 0) is 25.7 Å². The molecule has 5 nitrogen and oxygen atoms in total. The van der Waals surface area contributed by atoms with Crippen LogP contribution in [0.3, 0.4) is 0 Å². The number of rotatable bonds is 5. The van der Waals surface area contributed by atoms with Crippen LogP contribution in [0.15, 0.2) is 12.4 Å². The van der Waals surface area contributed by atoms with E-state index >= 15 is 0 Å². The Labute approximate surface area is 107 Å². The van der Waals surface area contributed by atoms with Crippen molar-refractivity contribution >= 4 is 5.69 Å². The summed E-state index contributed by atoms with van der Waals surface area (Å²) in [6.07, 6.45) is 9.26. The first-order valence-electron chi connectivity index (χ1n) is 6.77. The number of nitrogens with zero attached hydrogens (tertiary/aromatic N) is 2. The molecule has 0 spiro atoms. The molecule has 1 aliphatic heterocycles. The second kappa shape index (κ2) is 5.28. The quantitative estimate of drug-likeness (QED) is 0.864. The summed E-state index contributed by atoms with van der Waals surface area (Å²) >= 11 is 0. The Hall–Kier alpha value is -1.07. The molecule has 0 radical (unpaired) electrons. The molecule has 1 saturated heterocycles. The number of ether oxygens (including phenoxy) is 2. The number of hydrogen-bond acceptors (Lipinski definition) is 4. The molecule has 1 aromatic heterocycles. The first-order valence-corrected chi connectivity index (χ1v) is 6.77. The van der Waals surface area contributed by atoms with Gasteiger partial charge in [0.2, 0.25) is 0 Å². The lowest BCUT2D eigenvalue weighted by Crippen LogP contribution is -2.40. The largest absolute Gasteiger partial charge is 0.381 e. The number of methoxy groups -OCH3 is 1. The van der Waals surface area contributed by atoms with E-state index in [1.807, 2.05) is 10.9 Å². The molecule has 1 N–H and O–H groups in total. The van der Waals surface area contributed by atoms with Crippen LogP contribution in [0.4, 0.5) is 5.69 Å². The molecule has 1 unspecified atom stereocenters. The fraction of sp³-hybridized carbons (Fsp3) is 0.769. The van der Waals surface area contributed by atoms with Crippen LogP contribution in [0.25, 0.3) is 0 Å². The first-order chi connectivity index (χ1) is 8.83. The summed E-state index contributed by atoms with van der Waals surface area (Å²) in [5.41, 5.74) is 1.10. The molecule has 1 atom stereocenters. The topological polar surface area (TPSA) is 48.3 Å². The highest BCUT2D eigenvalue weighted by atomic mass is 16.5. The van der Waals surface area contributed by atoms with E-state index in [9.17, 15) is 0 Å². The van der Waals surface area contributed by atoms with Gasteiger partial charge in [-0.3, -0.25) is 4.68 Å². The Bertz CT molecular complexity index is 381. The molecule has 1 aromatic rings. The smallest absolute Gasteiger partial charge is 0.0771 e. The number of aromatic nitrogens is 2. The molecule has 2 fully saturated rings. The average Bonchev–Trinajstić information content (AvgIpc) is 2.95. The maximum Gasteiger partial charge on any atom is 0.0771 e. The Morgan fingerprint density at radius 2 is 2.44 bits per heavy atom. The van der Waals surface area contributed by atoms with Gasteiger partial charge in [-0.1, -0.05) is 0 Å². The summed E-state index contributed by atoms with van der Waals surface area (Å²) in [4.78, 5) is 0. The van der Waals surface area contributed by atoms with Crippen molar-refractivity contribution in [3.05, 3.63) is 12.4 Å². The minimum absolute atomic E-state index is 0.347. The maximum absolute atomic E-state index is 5.61. The molecule has 5 heteroatoms. The van der Waals surface area contributed by atoms with Crippen LogP contribution in [0.5, 0.6) is 0 Å². The van der Waals surface area contributed by atoms with E-state index < -0.39 is 0 Å². The van der Waals surface area contributed by atoms with Crippen molar-refractivity contribution in [1.82, 2.24) is 9.78 Å². The van der Waals surface area contributed by atoms with Gasteiger partial charge in [0.25, 0.3) is 0 Å². The Balaban J connectivity index is 1.47. The molecule has 1 saturated carbocycles. The summed E-state index contributed by atoms with van der Waals surface area (Å²) in [6.45, 7) is 1.77. The highest BCUT2D eigenvalue weighted by Gasteiger charge is 2.29. The zero-order chi connectivity index (χ0) is 12.4. The lowest BCUT2D eigenvalue weighted by Gasteiger charge is -2.34. The Kier molecular flexibility index (Phi) is 3.52. The van der Waals surface area contributed by atoms with Crippen molar-refractivity contribution in [3.8, 4) is 0 Å². The van der Waals surface area contributed by atoms with E-state index in [1.54, 1.807) is 7.11 Å². The van der Waals surface area contributed by atoms with Crippen LogP contribution < -0.4 is 5.32 Å². The van der Waals surface area contributed by atoms with Gasteiger partial charge in [0.1, 0.15) is 0 Å². The van der Waals surface area contributed by atoms with E-state index in [1.165, 1.54) is 6.42 Å². The van der Waals surface area contributed by atoms with Crippen molar-refractivity contribution in [2.24, 2.45) is 0 Å². The molecule has 0 aromatic carbocycles. The molecular formula is C13H21N3O2. The molecular weight excluding hydrogens is 230 g/mol. The van der Waals surface area contributed by atoms with Crippen LogP contribution in [-0.4, -0.2) is 41.7 Å². The summed E-state index contributed by atoms with van der Waals surface area (Å²) in [7, 11) is 1.78. The fourth-order valence-electron chi connectivity index (χ4n) is 2.65. The lowest BCUT2D eigenvalue weighted by molar-refractivity contribution is 0.0329. The van der Waals surface area contributed by atoms with Crippen LogP contribution >= 0.6 is 0 Å². The summed E-state index contributed by atoms with van der Waals surface area (Å²) in [6, 6.07) is 0.537. The standard InChI is InChI=1S/C13H21N3O2/c1-17-13-5-10(6-13)15-11-7-14-16(8-11)9-12-3-2-4-18-12/h7-8,10,12-13,15H,2-6,9H2,1H3. The van der Waals surface area contributed by atoms with Gasteiger partial charge < -0.3 is 14.8 Å². The summed E-state index contributed by atoms with van der Waals surface area (Å²) in [5, 5.41) is 7.86. The van der Waals surface area contributed by atoms with Gasteiger partial charge in [0, 0.05) is 26.0 Å². The summed E-state index contributed by atoms with van der Waals surface area (Å²) in [5.74, 6) is 0. The van der Waals surface area contributed by atoms with Crippen molar-refractivity contribution in [3.63, 3.8) is 0 Å². The summed E-state index contributed by atoms with van der Waals surface area (Å²) < 4.78 is 12.9. The lowest BCUT2D eigenvalue weighted by atomic mass is 9.89. The Morgan fingerprint density at radius 3 is 3.17 bits per heavy atom. The van der Waals surface area contributed by atoms with Crippen molar-refractivity contribution in [2.45, 2.75) is 50.5 Å². The van der Waals surface area contributed by atoms with Gasteiger partial charge in [-0.25, -0.2) is 0 Å². The normalized spacial score (nSPS) is 31.3. The zero-order valence-electron chi connectivity index (χ0n) is 10.8. The minimum atomic E-state index is 0.347. The maximum atomic E-state index is 5.61. The number of nitrogens with one attached hydrogen (secondary N) is 1. The minimum Gasteiger partial charge on any atom is -0.381 e. The second-order valence-corrected chi connectivity index (χ2v) is 5.26. The Morgan fingerprint density at radius 1 is 1.56 bits per heavy atom. The van der Waals surface area contributed by atoms with E-state index in [0.717, 1.165) is 38.1 Å². The highest BCUT2D eigenvalue weighted by molar-refractivity contribution is 5.40. The molecule has 100 valence electrons. The van der Waals surface area contributed by atoms with E-state index in [2.05, 4.69) is 16.6 Å². The second-order valence-electron chi connectivity index (χ2n) is 5.26. The molecule has 2 aliphatic rings. The molecule has 1 aliphatic carbocycles. The van der Waals surface area contributed by atoms with E-state index in [0.29, 0.717) is 18.2 Å². The van der Waals surface area contributed by atoms with Crippen molar-refractivity contribution in [1.29, 1.82) is 0 Å². The van der Waals surface area contributed by atoms with E-state index in [4.69, 9.17) is 9.47 Å². The zero-order valence-corrected chi connectivity index (χ0v) is 10.8. The number of hydrogen-bond donors (Lipinski definition) is 1. The molecule has 0 amide bonds. The first kappa shape index (κ1) is 12.0. The van der Waals surface area contributed by atoms with Crippen LogP contribution in [0.1, 0.15) is 25.7 Å². The van der Waals surface area contributed by atoms with Crippen LogP contribution in [0, 0.1) is 0 Å². The van der Waals surface area contributed by atoms with Crippen molar-refractivity contribution in [2.75, 3.05) is 19.0 Å². The van der Waals surface area contributed by atoms with Gasteiger partial charge in [-0.15, -0.1) is 0 Å². The van der Waals surface area contributed by atoms with Crippen molar-refractivity contribution < 1.29 is 9.47 Å². The third-order valence-electron chi connectivity index (χ3n) is 3.85. The third-order valence-corrected chi connectivity index (χ3v) is 3.85. The third kappa shape index (κ3) is 2.67.